The van der Waals surface area contributed by atoms with Gasteiger partial charge in [0.1, 0.15) is 5.82 Å². The van der Waals surface area contributed by atoms with Crippen LogP contribution < -0.4 is 10.2 Å². The van der Waals surface area contributed by atoms with Gasteiger partial charge in [-0.15, -0.1) is 0 Å². The van der Waals surface area contributed by atoms with Gasteiger partial charge in [0.2, 0.25) is 0 Å². The van der Waals surface area contributed by atoms with E-state index >= 15 is 0 Å². The molecule has 3 nitrogen and oxygen atoms in total. The minimum absolute atomic E-state index is 0.124. The molecule has 3 rings (SSSR count). The van der Waals surface area contributed by atoms with Crippen molar-refractivity contribution in [2.75, 3.05) is 32.1 Å². The van der Waals surface area contributed by atoms with Crippen LogP contribution in [0.1, 0.15) is 25.3 Å². The van der Waals surface area contributed by atoms with E-state index in [4.69, 9.17) is 0 Å². The molecule has 0 amide bonds. The molecule has 1 N–H and O–H groups in total. The number of nitrogens with zero attached hydrogens (tertiary/aromatic N) is 2. The Morgan fingerprint density at radius 2 is 2.00 bits per heavy atom. The van der Waals surface area contributed by atoms with Gasteiger partial charge in [0.25, 0.3) is 0 Å². The Morgan fingerprint density at radius 3 is 2.62 bits per heavy atom. The Morgan fingerprint density at radius 1 is 1.24 bits per heavy atom. The zero-order valence-corrected chi connectivity index (χ0v) is 13.3. The van der Waals surface area contributed by atoms with Crippen LogP contribution in [0.5, 0.6) is 0 Å². The molecule has 0 spiro atoms. The zero-order valence-electron chi connectivity index (χ0n) is 13.3. The van der Waals surface area contributed by atoms with E-state index in [9.17, 15) is 4.39 Å². The molecule has 0 radical (unpaired) electrons. The van der Waals surface area contributed by atoms with E-state index in [0.29, 0.717) is 18.0 Å². The number of halogens is 1. The van der Waals surface area contributed by atoms with Crippen LogP contribution in [-0.4, -0.2) is 44.2 Å². The first-order valence-electron chi connectivity index (χ1n) is 7.97. The molecule has 0 aromatic heterocycles. The van der Waals surface area contributed by atoms with Crippen LogP contribution in [0.3, 0.4) is 0 Å². The Labute approximate surface area is 127 Å². The summed E-state index contributed by atoms with van der Waals surface area (Å²) in [6, 6.07) is 6.67. The second-order valence-corrected chi connectivity index (χ2v) is 6.89. The molecule has 1 aromatic rings. The SMILES string of the molecule is CC1CN(c2cc(F)cc(CNC3CC3)c2)CC1N(C)C. The molecule has 1 aliphatic carbocycles. The highest BCUT2D eigenvalue weighted by molar-refractivity contribution is 5.50. The second kappa shape index (κ2) is 5.93. The summed E-state index contributed by atoms with van der Waals surface area (Å²) in [5.41, 5.74) is 2.08. The van der Waals surface area contributed by atoms with Crippen molar-refractivity contribution in [2.24, 2.45) is 5.92 Å². The van der Waals surface area contributed by atoms with E-state index in [-0.39, 0.29) is 5.82 Å². The lowest BCUT2D eigenvalue weighted by atomic mass is 10.1. The number of anilines is 1. The number of nitrogens with one attached hydrogen (secondary N) is 1. The molecule has 2 atom stereocenters. The minimum atomic E-state index is -0.124. The summed E-state index contributed by atoms with van der Waals surface area (Å²) in [6.07, 6.45) is 2.52. The predicted octanol–water partition coefficient (Wildman–Crippen LogP) is 2.46. The first-order chi connectivity index (χ1) is 10.0. The second-order valence-electron chi connectivity index (χ2n) is 6.89. The molecule has 2 unspecified atom stereocenters. The average molecular weight is 291 g/mol. The number of hydrogen-bond acceptors (Lipinski definition) is 3. The van der Waals surface area contributed by atoms with Gasteiger partial charge >= 0.3 is 0 Å². The average Bonchev–Trinajstić information content (AvgIpc) is 3.17. The van der Waals surface area contributed by atoms with Crippen molar-refractivity contribution in [3.8, 4) is 0 Å². The molecule has 2 aliphatic rings. The fourth-order valence-electron chi connectivity index (χ4n) is 3.30. The molecule has 1 saturated heterocycles. The lowest BCUT2D eigenvalue weighted by Gasteiger charge is -2.23. The summed E-state index contributed by atoms with van der Waals surface area (Å²) in [7, 11) is 4.25. The highest BCUT2D eigenvalue weighted by Gasteiger charge is 2.31. The van der Waals surface area contributed by atoms with Crippen molar-refractivity contribution in [3.63, 3.8) is 0 Å². The predicted molar refractivity (Wildman–Crippen MR) is 85.1 cm³/mol. The highest BCUT2D eigenvalue weighted by atomic mass is 19.1. The van der Waals surface area contributed by atoms with E-state index < -0.39 is 0 Å². The maximum atomic E-state index is 13.9. The van der Waals surface area contributed by atoms with Gasteiger partial charge in [0.15, 0.2) is 0 Å². The van der Waals surface area contributed by atoms with E-state index in [1.54, 1.807) is 12.1 Å². The first-order valence-corrected chi connectivity index (χ1v) is 7.97. The molecule has 1 aliphatic heterocycles. The third-order valence-electron chi connectivity index (χ3n) is 4.72. The van der Waals surface area contributed by atoms with Crippen molar-refractivity contribution < 1.29 is 4.39 Å². The lowest BCUT2D eigenvalue weighted by Crippen LogP contribution is -2.34. The van der Waals surface area contributed by atoms with E-state index in [0.717, 1.165) is 30.9 Å². The van der Waals surface area contributed by atoms with Gasteiger partial charge in [-0.25, -0.2) is 4.39 Å². The fraction of sp³-hybridized carbons (Fsp3) is 0.647. The third kappa shape index (κ3) is 3.55. The topological polar surface area (TPSA) is 18.5 Å². The standard InChI is InChI=1S/C17H26FN3/c1-12-10-21(11-17(12)20(2)3)16-7-13(6-14(18)8-16)9-19-15-4-5-15/h6-8,12,15,17,19H,4-5,9-11H2,1-3H3. The summed E-state index contributed by atoms with van der Waals surface area (Å²) in [4.78, 5) is 4.60. The highest BCUT2D eigenvalue weighted by Crippen LogP contribution is 2.28. The number of rotatable bonds is 5. The molecule has 0 bridgehead atoms. The minimum Gasteiger partial charge on any atom is -0.370 e. The molecule has 1 heterocycles. The van der Waals surface area contributed by atoms with Crippen molar-refractivity contribution >= 4 is 5.69 Å². The van der Waals surface area contributed by atoms with Gasteiger partial charge in [-0.1, -0.05) is 6.92 Å². The van der Waals surface area contributed by atoms with Crippen LogP contribution >= 0.6 is 0 Å². The van der Waals surface area contributed by atoms with E-state index in [1.165, 1.54) is 12.8 Å². The summed E-state index contributed by atoms with van der Waals surface area (Å²) in [6.45, 7) is 5.03. The van der Waals surface area contributed by atoms with Gasteiger partial charge in [-0.05, 0) is 56.6 Å². The number of likely N-dealkylation sites (N-methyl/N-ethyl adjacent to an activating group) is 1. The van der Waals surface area contributed by atoms with Crippen LogP contribution in [0.15, 0.2) is 18.2 Å². The third-order valence-corrected chi connectivity index (χ3v) is 4.72. The van der Waals surface area contributed by atoms with Crippen LogP contribution in [0.2, 0.25) is 0 Å². The summed E-state index contributed by atoms with van der Waals surface area (Å²) >= 11 is 0. The molecular weight excluding hydrogens is 265 g/mol. The normalized spacial score (nSPS) is 25.9. The smallest absolute Gasteiger partial charge is 0.125 e. The quantitative estimate of drug-likeness (QED) is 0.899. The largest absolute Gasteiger partial charge is 0.370 e. The van der Waals surface area contributed by atoms with Crippen molar-refractivity contribution in [1.82, 2.24) is 10.2 Å². The van der Waals surface area contributed by atoms with E-state index in [2.05, 4.69) is 42.2 Å². The van der Waals surface area contributed by atoms with Gasteiger partial charge in [-0.3, -0.25) is 0 Å². The maximum Gasteiger partial charge on any atom is 0.125 e. The lowest BCUT2D eigenvalue weighted by molar-refractivity contribution is 0.266. The summed E-state index contributed by atoms with van der Waals surface area (Å²) in [5, 5.41) is 3.46. The molecule has 2 fully saturated rings. The molecule has 116 valence electrons. The molecule has 4 heteroatoms. The van der Waals surface area contributed by atoms with Crippen LogP contribution in [0, 0.1) is 11.7 Å². The van der Waals surface area contributed by atoms with Gasteiger partial charge < -0.3 is 15.1 Å². The zero-order chi connectivity index (χ0) is 15.0. The van der Waals surface area contributed by atoms with Crippen molar-refractivity contribution in [1.29, 1.82) is 0 Å². The Bertz CT molecular complexity index is 499. The summed E-state index contributed by atoms with van der Waals surface area (Å²) in [5.74, 6) is 0.484. The Hall–Kier alpha value is -1.13. The molecule has 21 heavy (non-hydrogen) atoms. The molecule has 1 aromatic carbocycles. The molecular formula is C17H26FN3. The van der Waals surface area contributed by atoms with Gasteiger partial charge in [-0.2, -0.15) is 0 Å². The Balaban J connectivity index is 1.72. The van der Waals surface area contributed by atoms with Crippen LogP contribution in [-0.2, 0) is 6.54 Å². The number of benzene rings is 1. The van der Waals surface area contributed by atoms with Gasteiger partial charge in [0, 0.05) is 37.4 Å². The van der Waals surface area contributed by atoms with Crippen LogP contribution in [0.25, 0.3) is 0 Å². The molecule has 1 saturated carbocycles. The van der Waals surface area contributed by atoms with Gasteiger partial charge in [0.05, 0.1) is 0 Å². The maximum absolute atomic E-state index is 13.9. The van der Waals surface area contributed by atoms with Crippen molar-refractivity contribution in [3.05, 3.63) is 29.6 Å². The summed E-state index contributed by atoms with van der Waals surface area (Å²) < 4.78 is 13.9. The fourth-order valence-corrected chi connectivity index (χ4v) is 3.30. The number of hydrogen-bond donors (Lipinski definition) is 1. The Kier molecular flexibility index (Phi) is 4.18. The van der Waals surface area contributed by atoms with Crippen molar-refractivity contribution in [2.45, 2.75) is 38.4 Å². The van der Waals surface area contributed by atoms with E-state index in [1.807, 2.05) is 0 Å². The monoisotopic (exact) mass is 291 g/mol. The first kappa shape index (κ1) is 14.8. The van der Waals surface area contributed by atoms with Crippen LogP contribution in [0.4, 0.5) is 10.1 Å².